The quantitative estimate of drug-likeness (QED) is 0.864. The Morgan fingerprint density at radius 1 is 1.34 bits per heavy atom. The van der Waals surface area contributed by atoms with Crippen LogP contribution >= 0.6 is 0 Å². The molecule has 1 saturated carbocycles. The Bertz CT molecular complexity index is 1040. The number of nitrogens with zero attached hydrogens (tertiary/aromatic N) is 5. The second-order valence-electron chi connectivity index (χ2n) is 7.77. The van der Waals surface area contributed by atoms with Crippen LogP contribution in [0.5, 0.6) is 5.75 Å². The summed E-state index contributed by atoms with van der Waals surface area (Å²) in [5.74, 6) is 1.99. The maximum absolute atomic E-state index is 14.3. The first-order valence-electron chi connectivity index (χ1n) is 9.95. The first-order valence-corrected chi connectivity index (χ1v) is 9.95. The zero-order chi connectivity index (χ0) is 20.0. The molecule has 1 N–H and O–H groups in total. The third-order valence-electron chi connectivity index (χ3n) is 6.14. The predicted molar refractivity (Wildman–Crippen MR) is 104 cm³/mol. The van der Waals surface area contributed by atoms with E-state index in [-0.39, 0.29) is 35.5 Å². The molecule has 0 saturated heterocycles. The van der Waals surface area contributed by atoms with Gasteiger partial charge >= 0.3 is 0 Å². The number of aliphatic imine (C=N–C) groups is 1. The molecule has 0 amide bonds. The SMILES string of the molecule is CC[C@@H]1C[C@@H](Oc2ccc(C#N)cc2F)C[C@@H]1c1nnc2n1C1C=CNC1N=C2. The first kappa shape index (κ1) is 17.9. The van der Waals surface area contributed by atoms with E-state index < -0.39 is 5.82 Å². The highest BCUT2D eigenvalue weighted by Gasteiger charge is 2.41. The topological polar surface area (TPSA) is 88.1 Å². The molecule has 29 heavy (non-hydrogen) atoms. The molecule has 148 valence electrons. The lowest BCUT2D eigenvalue weighted by molar-refractivity contribution is 0.194. The highest BCUT2D eigenvalue weighted by molar-refractivity contribution is 5.76. The van der Waals surface area contributed by atoms with Crippen LogP contribution in [-0.2, 0) is 0 Å². The molecule has 1 fully saturated rings. The number of ether oxygens (including phenoxy) is 1. The standard InChI is InChI=1S/C21H21FN6O/c1-2-13-8-14(29-18-4-3-12(10-23)7-16(18)22)9-15(13)21-27-26-19-11-25-20-17(28(19)21)5-6-24-20/h3-7,11,13-15,17,20,24H,2,8-9H2,1H3/t13-,14-,15+,17?,20?/m1/s1. The second-order valence-corrected chi connectivity index (χ2v) is 7.77. The number of aromatic nitrogens is 3. The number of hydrogen-bond acceptors (Lipinski definition) is 6. The smallest absolute Gasteiger partial charge is 0.175 e. The fraction of sp³-hybridized carbons (Fsp3) is 0.429. The van der Waals surface area contributed by atoms with Crippen LogP contribution in [0.2, 0.25) is 0 Å². The van der Waals surface area contributed by atoms with E-state index in [0.717, 1.165) is 30.9 Å². The van der Waals surface area contributed by atoms with E-state index in [2.05, 4.69) is 38.1 Å². The highest BCUT2D eigenvalue weighted by Crippen LogP contribution is 2.44. The summed E-state index contributed by atoms with van der Waals surface area (Å²) in [5, 5.41) is 21.0. The van der Waals surface area contributed by atoms with Gasteiger partial charge in [-0.15, -0.1) is 10.2 Å². The zero-order valence-corrected chi connectivity index (χ0v) is 16.0. The number of hydrogen-bond donors (Lipinski definition) is 1. The van der Waals surface area contributed by atoms with Gasteiger partial charge in [-0.3, -0.25) is 9.56 Å². The lowest BCUT2D eigenvalue weighted by Gasteiger charge is -2.26. The van der Waals surface area contributed by atoms with Gasteiger partial charge in [0.05, 0.1) is 30.0 Å². The van der Waals surface area contributed by atoms with Crippen molar-refractivity contribution in [3.63, 3.8) is 0 Å². The van der Waals surface area contributed by atoms with Crippen molar-refractivity contribution in [2.45, 2.75) is 50.4 Å². The number of nitrogens with one attached hydrogen (secondary N) is 1. The van der Waals surface area contributed by atoms with Gasteiger partial charge in [-0.05, 0) is 49.2 Å². The van der Waals surface area contributed by atoms with E-state index in [1.807, 2.05) is 12.3 Å². The van der Waals surface area contributed by atoms with E-state index >= 15 is 0 Å². The molecule has 5 atom stereocenters. The number of benzene rings is 1. The van der Waals surface area contributed by atoms with Crippen molar-refractivity contribution in [2.24, 2.45) is 10.9 Å². The van der Waals surface area contributed by atoms with Crippen LogP contribution in [-0.4, -0.2) is 33.2 Å². The Balaban J connectivity index is 1.40. The number of halogens is 1. The van der Waals surface area contributed by atoms with E-state index in [9.17, 15) is 4.39 Å². The van der Waals surface area contributed by atoms with Gasteiger partial charge in [0.15, 0.2) is 17.4 Å². The Labute approximate surface area is 167 Å². The summed E-state index contributed by atoms with van der Waals surface area (Å²) in [7, 11) is 0. The molecule has 1 aliphatic carbocycles. The molecular weight excluding hydrogens is 371 g/mol. The van der Waals surface area contributed by atoms with E-state index in [4.69, 9.17) is 10.00 Å². The predicted octanol–water partition coefficient (Wildman–Crippen LogP) is 3.06. The molecule has 0 spiro atoms. The maximum atomic E-state index is 14.3. The maximum Gasteiger partial charge on any atom is 0.175 e. The third-order valence-corrected chi connectivity index (χ3v) is 6.14. The molecule has 7 nitrogen and oxygen atoms in total. The van der Waals surface area contributed by atoms with Crippen molar-refractivity contribution in [3.05, 3.63) is 53.5 Å². The van der Waals surface area contributed by atoms with Crippen molar-refractivity contribution in [1.29, 1.82) is 5.26 Å². The molecule has 2 aliphatic heterocycles. The van der Waals surface area contributed by atoms with E-state index in [0.29, 0.717) is 5.92 Å². The minimum absolute atomic E-state index is 0.0153. The van der Waals surface area contributed by atoms with E-state index in [1.165, 1.54) is 12.1 Å². The highest BCUT2D eigenvalue weighted by atomic mass is 19.1. The molecule has 1 aromatic heterocycles. The van der Waals surface area contributed by atoms with Gasteiger partial charge in [0.2, 0.25) is 0 Å². The Kier molecular flexibility index (Phi) is 4.31. The monoisotopic (exact) mass is 392 g/mol. The zero-order valence-electron chi connectivity index (χ0n) is 16.0. The molecule has 1 aromatic carbocycles. The lowest BCUT2D eigenvalue weighted by atomic mass is 9.92. The number of nitriles is 1. The van der Waals surface area contributed by atoms with Gasteiger partial charge in [0.1, 0.15) is 12.0 Å². The summed E-state index contributed by atoms with van der Waals surface area (Å²) in [5.41, 5.74) is 0.287. The van der Waals surface area contributed by atoms with Crippen LogP contribution in [0.25, 0.3) is 0 Å². The number of rotatable bonds is 4. The van der Waals surface area contributed by atoms with E-state index in [1.54, 1.807) is 12.3 Å². The van der Waals surface area contributed by atoms with Crippen LogP contribution in [0.1, 0.15) is 55.4 Å². The first-order chi connectivity index (χ1) is 14.2. The van der Waals surface area contributed by atoms with Crippen molar-refractivity contribution in [1.82, 2.24) is 20.1 Å². The molecule has 3 heterocycles. The van der Waals surface area contributed by atoms with Crippen LogP contribution < -0.4 is 10.1 Å². The summed E-state index contributed by atoms with van der Waals surface area (Å²) in [6.07, 6.45) is 8.24. The average molecular weight is 392 g/mol. The molecule has 3 aliphatic rings. The summed E-state index contributed by atoms with van der Waals surface area (Å²) in [6.45, 7) is 2.16. The lowest BCUT2D eigenvalue weighted by Crippen LogP contribution is -2.33. The molecular formula is C21H21FN6O. The van der Waals surface area contributed by atoms with Crippen LogP contribution in [0.4, 0.5) is 4.39 Å². The van der Waals surface area contributed by atoms with Gasteiger partial charge in [-0.1, -0.05) is 13.3 Å². The summed E-state index contributed by atoms with van der Waals surface area (Å²) in [4.78, 5) is 4.50. The van der Waals surface area contributed by atoms with Crippen LogP contribution in [0.3, 0.4) is 0 Å². The van der Waals surface area contributed by atoms with Gasteiger partial charge in [-0.25, -0.2) is 4.39 Å². The Morgan fingerprint density at radius 2 is 2.24 bits per heavy atom. The van der Waals surface area contributed by atoms with Crippen molar-refractivity contribution < 1.29 is 9.13 Å². The van der Waals surface area contributed by atoms with Crippen LogP contribution in [0.15, 0.2) is 35.5 Å². The van der Waals surface area contributed by atoms with Crippen molar-refractivity contribution in [2.75, 3.05) is 0 Å². The Morgan fingerprint density at radius 3 is 3.03 bits per heavy atom. The van der Waals surface area contributed by atoms with Crippen molar-refractivity contribution in [3.8, 4) is 11.8 Å². The fourth-order valence-electron chi connectivity index (χ4n) is 4.71. The molecule has 8 heteroatoms. The largest absolute Gasteiger partial charge is 0.487 e. The summed E-state index contributed by atoms with van der Waals surface area (Å²) < 4.78 is 22.5. The minimum atomic E-state index is -0.498. The van der Waals surface area contributed by atoms with Crippen molar-refractivity contribution >= 4 is 6.21 Å². The second kappa shape index (κ2) is 6.99. The Hall–Kier alpha value is -3.21. The van der Waals surface area contributed by atoms with Gasteiger partial charge in [-0.2, -0.15) is 5.26 Å². The number of fused-ring (bicyclic) bond motifs is 3. The summed E-state index contributed by atoms with van der Waals surface area (Å²) in [6, 6.07) is 6.35. The molecule has 0 radical (unpaired) electrons. The molecule has 2 aromatic rings. The third kappa shape index (κ3) is 2.97. The minimum Gasteiger partial charge on any atom is -0.487 e. The summed E-state index contributed by atoms with van der Waals surface area (Å²) >= 11 is 0. The van der Waals surface area contributed by atoms with Crippen LogP contribution in [0, 0.1) is 23.1 Å². The molecule has 5 rings (SSSR count). The molecule has 0 bridgehead atoms. The van der Waals surface area contributed by atoms with Gasteiger partial charge in [0, 0.05) is 5.92 Å². The van der Waals surface area contributed by atoms with Gasteiger partial charge < -0.3 is 10.1 Å². The average Bonchev–Trinajstić information content (AvgIpc) is 3.45. The van der Waals surface area contributed by atoms with Gasteiger partial charge in [0.25, 0.3) is 0 Å². The normalized spacial score (nSPS) is 29.2. The molecule has 2 unspecified atom stereocenters. The fourth-order valence-corrected chi connectivity index (χ4v) is 4.71.